The second kappa shape index (κ2) is 10.0. The molecule has 8 heteroatoms. The lowest BCUT2D eigenvalue weighted by atomic mass is 10.2. The van der Waals surface area contributed by atoms with Crippen LogP contribution in [0.15, 0.2) is 72.8 Å². The highest BCUT2D eigenvalue weighted by Crippen LogP contribution is 2.34. The van der Waals surface area contributed by atoms with E-state index in [1.165, 1.54) is 25.3 Å². The number of amides is 1. The van der Waals surface area contributed by atoms with Gasteiger partial charge in [0.2, 0.25) is 11.7 Å². The number of hydrogen-bond acceptors (Lipinski definition) is 6. The molecule has 0 atom stereocenters. The Labute approximate surface area is 173 Å². The van der Waals surface area contributed by atoms with Crippen molar-refractivity contribution >= 4 is 17.3 Å². The summed E-state index contributed by atoms with van der Waals surface area (Å²) in [5.41, 5.74) is 1.09. The molecular formula is C22H20N2O6. The van der Waals surface area contributed by atoms with Crippen molar-refractivity contribution in [1.82, 2.24) is 0 Å². The van der Waals surface area contributed by atoms with Crippen LogP contribution in [0.5, 0.6) is 17.2 Å². The van der Waals surface area contributed by atoms with Gasteiger partial charge in [-0.2, -0.15) is 0 Å². The maximum atomic E-state index is 12.1. The van der Waals surface area contributed by atoms with Crippen LogP contribution in [-0.4, -0.2) is 24.5 Å². The first-order valence-electron chi connectivity index (χ1n) is 9.07. The zero-order chi connectivity index (χ0) is 21.3. The summed E-state index contributed by atoms with van der Waals surface area (Å²) in [5, 5.41) is 14.0. The molecule has 0 radical (unpaired) electrons. The quantitative estimate of drug-likeness (QED) is 0.412. The molecule has 154 valence electrons. The molecule has 1 amide bonds. The molecule has 0 aromatic heterocycles. The van der Waals surface area contributed by atoms with Gasteiger partial charge in [0, 0.05) is 17.8 Å². The number of anilines is 1. The predicted molar refractivity (Wildman–Crippen MR) is 111 cm³/mol. The second-order valence-electron chi connectivity index (χ2n) is 6.24. The van der Waals surface area contributed by atoms with Crippen LogP contribution in [-0.2, 0) is 16.1 Å². The number of nitro groups is 1. The third-order valence-corrected chi connectivity index (χ3v) is 4.07. The summed E-state index contributed by atoms with van der Waals surface area (Å²) in [6.07, 6.45) is 0. The number of methoxy groups -OCH3 is 1. The van der Waals surface area contributed by atoms with Crippen molar-refractivity contribution in [2.24, 2.45) is 0 Å². The average molecular weight is 408 g/mol. The van der Waals surface area contributed by atoms with Crippen LogP contribution in [0, 0.1) is 10.1 Å². The lowest BCUT2D eigenvalue weighted by molar-refractivity contribution is -0.385. The molecule has 1 N–H and O–H groups in total. The molecule has 0 aliphatic heterocycles. The van der Waals surface area contributed by atoms with E-state index in [0.717, 1.165) is 5.56 Å². The van der Waals surface area contributed by atoms with Crippen molar-refractivity contribution < 1.29 is 23.9 Å². The summed E-state index contributed by atoms with van der Waals surface area (Å²) in [6, 6.07) is 20.2. The van der Waals surface area contributed by atoms with Gasteiger partial charge in [-0.1, -0.05) is 30.3 Å². The Morgan fingerprint density at radius 1 is 1.00 bits per heavy atom. The molecule has 8 nitrogen and oxygen atoms in total. The standard InChI is InChI=1S/C22H20N2O6/c1-28-18-8-10-19(11-9-18)30-21-13-17(7-12-20(21)24(26)27)23-22(25)15-29-14-16-5-3-2-4-6-16/h2-13H,14-15H2,1H3,(H,23,25). The zero-order valence-corrected chi connectivity index (χ0v) is 16.2. The maximum absolute atomic E-state index is 12.1. The van der Waals surface area contributed by atoms with Crippen molar-refractivity contribution in [2.75, 3.05) is 19.0 Å². The fourth-order valence-electron chi connectivity index (χ4n) is 2.63. The molecule has 0 unspecified atom stereocenters. The Hall–Kier alpha value is -3.91. The number of carbonyl (C=O) groups excluding carboxylic acids is 1. The highest BCUT2D eigenvalue weighted by Gasteiger charge is 2.17. The SMILES string of the molecule is COc1ccc(Oc2cc(NC(=O)COCc3ccccc3)ccc2[N+](=O)[O-])cc1. The summed E-state index contributed by atoms with van der Waals surface area (Å²) in [7, 11) is 1.54. The third kappa shape index (κ3) is 5.79. The van der Waals surface area contributed by atoms with Gasteiger partial charge in [-0.05, 0) is 35.9 Å². The van der Waals surface area contributed by atoms with E-state index >= 15 is 0 Å². The van der Waals surface area contributed by atoms with E-state index in [1.54, 1.807) is 24.3 Å². The predicted octanol–water partition coefficient (Wildman–Crippen LogP) is 4.55. The number of ether oxygens (including phenoxy) is 3. The van der Waals surface area contributed by atoms with Gasteiger partial charge in [-0.3, -0.25) is 14.9 Å². The van der Waals surface area contributed by atoms with E-state index in [9.17, 15) is 14.9 Å². The number of benzene rings is 3. The minimum atomic E-state index is -0.548. The molecule has 30 heavy (non-hydrogen) atoms. The minimum Gasteiger partial charge on any atom is -0.497 e. The first kappa shape index (κ1) is 20.8. The first-order valence-corrected chi connectivity index (χ1v) is 9.07. The number of hydrogen-bond donors (Lipinski definition) is 1. The summed E-state index contributed by atoms with van der Waals surface area (Å²) < 4.78 is 16.1. The average Bonchev–Trinajstić information content (AvgIpc) is 2.75. The lowest BCUT2D eigenvalue weighted by Crippen LogP contribution is -2.18. The Kier molecular flexibility index (Phi) is 6.96. The van der Waals surface area contributed by atoms with Gasteiger partial charge in [0.15, 0.2) is 0 Å². The number of nitro benzene ring substituents is 1. The Morgan fingerprint density at radius 2 is 1.70 bits per heavy atom. The molecule has 0 aliphatic carbocycles. The van der Waals surface area contributed by atoms with E-state index in [1.807, 2.05) is 30.3 Å². The van der Waals surface area contributed by atoms with Gasteiger partial charge in [-0.15, -0.1) is 0 Å². The van der Waals surface area contributed by atoms with Gasteiger partial charge >= 0.3 is 5.69 Å². The fraction of sp³-hybridized carbons (Fsp3) is 0.136. The van der Waals surface area contributed by atoms with Crippen molar-refractivity contribution in [1.29, 1.82) is 0 Å². The Balaban J connectivity index is 1.65. The van der Waals surface area contributed by atoms with Crippen LogP contribution < -0.4 is 14.8 Å². The van der Waals surface area contributed by atoms with Gasteiger partial charge in [0.1, 0.15) is 18.1 Å². The molecule has 0 aliphatic rings. The molecule has 0 saturated heterocycles. The Bertz CT molecular complexity index is 1010. The smallest absolute Gasteiger partial charge is 0.311 e. The van der Waals surface area contributed by atoms with Gasteiger partial charge in [0.25, 0.3) is 0 Å². The summed E-state index contributed by atoms with van der Waals surface area (Å²) in [4.78, 5) is 22.9. The third-order valence-electron chi connectivity index (χ3n) is 4.07. The second-order valence-corrected chi connectivity index (χ2v) is 6.24. The minimum absolute atomic E-state index is 0.00757. The molecule has 0 heterocycles. The summed E-state index contributed by atoms with van der Waals surface area (Å²) >= 11 is 0. The van der Waals surface area contributed by atoms with Crippen LogP contribution in [0.2, 0.25) is 0 Å². The zero-order valence-electron chi connectivity index (χ0n) is 16.2. The highest BCUT2D eigenvalue weighted by molar-refractivity contribution is 5.92. The molecule has 3 aromatic rings. The van der Waals surface area contributed by atoms with Gasteiger partial charge < -0.3 is 19.5 Å². The van der Waals surface area contributed by atoms with Crippen LogP contribution in [0.1, 0.15) is 5.56 Å². The van der Waals surface area contributed by atoms with E-state index in [2.05, 4.69) is 5.32 Å². The summed E-state index contributed by atoms with van der Waals surface area (Å²) in [6.45, 7) is 0.154. The lowest BCUT2D eigenvalue weighted by Gasteiger charge is -2.10. The van der Waals surface area contributed by atoms with E-state index < -0.39 is 4.92 Å². The largest absolute Gasteiger partial charge is 0.497 e. The first-order chi connectivity index (χ1) is 14.5. The van der Waals surface area contributed by atoms with Crippen molar-refractivity contribution in [2.45, 2.75) is 6.61 Å². The van der Waals surface area contributed by atoms with Crippen molar-refractivity contribution in [3.8, 4) is 17.2 Å². The van der Waals surface area contributed by atoms with Crippen molar-refractivity contribution in [3.05, 3.63) is 88.5 Å². The van der Waals surface area contributed by atoms with Crippen molar-refractivity contribution in [3.63, 3.8) is 0 Å². The normalized spacial score (nSPS) is 10.3. The molecule has 0 saturated carbocycles. The molecule has 3 aromatic carbocycles. The van der Waals surface area contributed by atoms with E-state index in [4.69, 9.17) is 14.2 Å². The monoisotopic (exact) mass is 408 g/mol. The number of carbonyl (C=O) groups is 1. The van der Waals surface area contributed by atoms with Crippen LogP contribution in [0.3, 0.4) is 0 Å². The molecule has 0 bridgehead atoms. The van der Waals surface area contributed by atoms with Gasteiger partial charge in [0.05, 0.1) is 18.6 Å². The fourth-order valence-corrected chi connectivity index (χ4v) is 2.63. The number of nitrogens with one attached hydrogen (secondary N) is 1. The number of nitrogens with zero attached hydrogens (tertiary/aromatic N) is 1. The Morgan fingerprint density at radius 3 is 2.37 bits per heavy atom. The summed E-state index contributed by atoms with van der Waals surface area (Å²) in [5.74, 6) is 0.658. The van der Waals surface area contributed by atoms with Crippen LogP contribution >= 0.6 is 0 Å². The highest BCUT2D eigenvalue weighted by atomic mass is 16.6. The molecule has 0 spiro atoms. The maximum Gasteiger partial charge on any atom is 0.311 e. The molecule has 0 fully saturated rings. The van der Waals surface area contributed by atoms with E-state index in [-0.39, 0.29) is 24.0 Å². The molecular weight excluding hydrogens is 388 g/mol. The number of rotatable bonds is 9. The van der Waals surface area contributed by atoms with Crippen LogP contribution in [0.25, 0.3) is 0 Å². The van der Waals surface area contributed by atoms with E-state index in [0.29, 0.717) is 23.8 Å². The van der Waals surface area contributed by atoms with Crippen LogP contribution in [0.4, 0.5) is 11.4 Å². The van der Waals surface area contributed by atoms with Gasteiger partial charge in [-0.25, -0.2) is 0 Å². The molecule has 3 rings (SSSR count). The topological polar surface area (TPSA) is 99.9 Å².